The van der Waals surface area contributed by atoms with Crippen molar-refractivity contribution in [2.75, 3.05) is 6.54 Å². The number of hydrogen-bond donors (Lipinski definition) is 1. The Bertz CT molecular complexity index is 84.1. The first-order valence-corrected chi connectivity index (χ1v) is 2.32. The van der Waals surface area contributed by atoms with E-state index in [1.807, 2.05) is 6.92 Å². The van der Waals surface area contributed by atoms with Gasteiger partial charge in [0.15, 0.2) is 0 Å². The molecular formula is C5H10N2. The van der Waals surface area contributed by atoms with Crippen LogP contribution in [-0.2, 0) is 0 Å². The molecule has 0 unspecified atom stereocenters. The molecule has 0 aromatic rings. The van der Waals surface area contributed by atoms with Crippen LogP contribution in [0.3, 0.4) is 0 Å². The Morgan fingerprint density at radius 2 is 2.43 bits per heavy atom. The molecule has 0 aliphatic carbocycles. The van der Waals surface area contributed by atoms with E-state index in [-0.39, 0.29) is 0 Å². The van der Waals surface area contributed by atoms with Gasteiger partial charge in [0.1, 0.15) is 0 Å². The molecule has 0 atom stereocenters. The summed E-state index contributed by atoms with van der Waals surface area (Å²) in [5.41, 5.74) is 0.516. The second-order valence-electron chi connectivity index (χ2n) is 1.31. The minimum absolute atomic E-state index is 0.516. The molecule has 2 nitrogen and oxygen atoms in total. The number of nitrogens with one attached hydrogen (secondary N) is 1. The Morgan fingerprint density at radius 1 is 1.86 bits per heavy atom. The summed E-state index contributed by atoms with van der Waals surface area (Å²) >= 11 is 0. The number of nitrogens with zero attached hydrogens (tertiary/aromatic N) is 1. The van der Waals surface area contributed by atoms with Crippen LogP contribution in [0.1, 0.15) is 13.8 Å². The van der Waals surface area contributed by atoms with Crippen molar-refractivity contribution in [2.24, 2.45) is 4.99 Å². The second kappa shape index (κ2) is 3.53. The standard InChI is InChI=1S/C5H10N2/c1-3-7-4-5(2)6/h4,6H,3H2,1-2H3. The molecule has 0 bridgehead atoms. The fourth-order valence-electron chi connectivity index (χ4n) is 0.228. The van der Waals surface area contributed by atoms with Crippen LogP contribution in [0.15, 0.2) is 4.99 Å². The highest BCUT2D eigenvalue weighted by molar-refractivity contribution is 6.27. The van der Waals surface area contributed by atoms with Crippen molar-refractivity contribution in [1.29, 1.82) is 5.41 Å². The quantitative estimate of drug-likeness (QED) is 0.502. The largest absolute Gasteiger partial charge is 0.304 e. The number of rotatable bonds is 2. The van der Waals surface area contributed by atoms with Gasteiger partial charge in [-0.2, -0.15) is 0 Å². The van der Waals surface area contributed by atoms with E-state index in [4.69, 9.17) is 5.41 Å². The molecule has 2 heteroatoms. The van der Waals surface area contributed by atoms with E-state index in [1.54, 1.807) is 13.1 Å². The van der Waals surface area contributed by atoms with Gasteiger partial charge >= 0.3 is 0 Å². The lowest BCUT2D eigenvalue weighted by Crippen LogP contribution is -1.87. The lowest BCUT2D eigenvalue weighted by Gasteiger charge is -1.78. The monoisotopic (exact) mass is 98.1 g/mol. The summed E-state index contributed by atoms with van der Waals surface area (Å²) in [7, 11) is 0. The predicted octanol–water partition coefficient (Wildman–Crippen LogP) is 1.12. The molecule has 0 amide bonds. The molecule has 0 aromatic heterocycles. The third-order valence-electron chi connectivity index (χ3n) is 0.468. The lowest BCUT2D eigenvalue weighted by molar-refractivity contribution is 1.14. The molecule has 1 N–H and O–H groups in total. The van der Waals surface area contributed by atoms with Crippen LogP contribution >= 0.6 is 0 Å². The Labute approximate surface area is 43.8 Å². The minimum Gasteiger partial charge on any atom is -0.304 e. The topological polar surface area (TPSA) is 36.2 Å². The highest BCUT2D eigenvalue weighted by atomic mass is 14.7. The summed E-state index contributed by atoms with van der Waals surface area (Å²) in [5, 5.41) is 6.85. The molecule has 0 spiro atoms. The minimum atomic E-state index is 0.516. The van der Waals surface area contributed by atoms with Gasteiger partial charge in [0.05, 0.1) is 0 Å². The molecule has 0 aromatic carbocycles. The molecular weight excluding hydrogens is 88.1 g/mol. The highest BCUT2D eigenvalue weighted by Gasteiger charge is 1.71. The summed E-state index contributed by atoms with van der Waals surface area (Å²) in [5.74, 6) is 0. The van der Waals surface area contributed by atoms with Gasteiger partial charge in [-0.3, -0.25) is 4.99 Å². The molecule has 0 rings (SSSR count). The van der Waals surface area contributed by atoms with Crippen molar-refractivity contribution in [3.8, 4) is 0 Å². The molecule has 7 heavy (non-hydrogen) atoms. The van der Waals surface area contributed by atoms with Gasteiger partial charge in [0, 0.05) is 18.5 Å². The summed E-state index contributed by atoms with van der Waals surface area (Å²) in [6.45, 7) is 4.43. The maximum atomic E-state index is 6.85. The van der Waals surface area contributed by atoms with E-state index < -0.39 is 0 Å². The Hall–Kier alpha value is -0.660. The average molecular weight is 98.1 g/mol. The van der Waals surface area contributed by atoms with Gasteiger partial charge in [0.25, 0.3) is 0 Å². The Balaban J connectivity index is 3.26. The third kappa shape index (κ3) is 5.34. The Morgan fingerprint density at radius 3 is 2.57 bits per heavy atom. The first-order chi connectivity index (χ1) is 3.27. The van der Waals surface area contributed by atoms with Crippen LogP contribution < -0.4 is 0 Å². The van der Waals surface area contributed by atoms with Crippen molar-refractivity contribution in [2.45, 2.75) is 13.8 Å². The molecule has 0 saturated carbocycles. The van der Waals surface area contributed by atoms with E-state index in [9.17, 15) is 0 Å². The average Bonchev–Trinajstić information content (AvgIpc) is 1.61. The van der Waals surface area contributed by atoms with E-state index in [2.05, 4.69) is 4.99 Å². The zero-order valence-electron chi connectivity index (χ0n) is 4.73. The van der Waals surface area contributed by atoms with Crippen LogP contribution in [0, 0.1) is 5.41 Å². The van der Waals surface area contributed by atoms with E-state index in [1.165, 1.54) is 0 Å². The van der Waals surface area contributed by atoms with Crippen molar-refractivity contribution in [3.05, 3.63) is 0 Å². The van der Waals surface area contributed by atoms with E-state index in [0.29, 0.717) is 5.71 Å². The van der Waals surface area contributed by atoms with Crippen LogP contribution in [-0.4, -0.2) is 18.5 Å². The van der Waals surface area contributed by atoms with E-state index in [0.717, 1.165) is 6.54 Å². The summed E-state index contributed by atoms with van der Waals surface area (Å²) in [6, 6.07) is 0. The molecule has 40 valence electrons. The van der Waals surface area contributed by atoms with Gasteiger partial charge < -0.3 is 5.41 Å². The fraction of sp³-hybridized carbons (Fsp3) is 0.600. The maximum Gasteiger partial charge on any atom is 0.0461 e. The van der Waals surface area contributed by atoms with E-state index >= 15 is 0 Å². The number of hydrogen-bond acceptors (Lipinski definition) is 2. The van der Waals surface area contributed by atoms with Crippen LogP contribution in [0.4, 0.5) is 0 Å². The zero-order valence-corrected chi connectivity index (χ0v) is 4.73. The zero-order chi connectivity index (χ0) is 5.70. The second-order valence-corrected chi connectivity index (χ2v) is 1.31. The summed E-state index contributed by atoms with van der Waals surface area (Å²) < 4.78 is 0. The molecule has 0 fully saturated rings. The van der Waals surface area contributed by atoms with Crippen LogP contribution in [0.2, 0.25) is 0 Å². The number of aliphatic imine (C=N–C) groups is 1. The molecule has 0 aliphatic heterocycles. The maximum absolute atomic E-state index is 6.85. The van der Waals surface area contributed by atoms with Gasteiger partial charge in [-0.05, 0) is 13.8 Å². The van der Waals surface area contributed by atoms with Gasteiger partial charge in [-0.25, -0.2) is 0 Å². The Kier molecular flexibility index (Phi) is 3.19. The molecule has 0 radical (unpaired) electrons. The van der Waals surface area contributed by atoms with Gasteiger partial charge in [0.2, 0.25) is 0 Å². The molecule has 0 aliphatic rings. The fourth-order valence-corrected chi connectivity index (χ4v) is 0.228. The van der Waals surface area contributed by atoms with Gasteiger partial charge in [-0.1, -0.05) is 0 Å². The third-order valence-corrected chi connectivity index (χ3v) is 0.468. The predicted molar refractivity (Wildman–Crippen MR) is 32.4 cm³/mol. The normalized spacial score (nSPS) is 10.0. The summed E-state index contributed by atoms with van der Waals surface area (Å²) in [4.78, 5) is 3.82. The van der Waals surface area contributed by atoms with Gasteiger partial charge in [-0.15, -0.1) is 0 Å². The van der Waals surface area contributed by atoms with Crippen molar-refractivity contribution >= 4 is 11.9 Å². The smallest absolute Gasteiger partial charge is 0.0461 e. The summed E-state index contributed by atoms with van der Waals surface area (Å²) in [6.07, 6.45) is 1.56. The lowest BCUT2D eigenvalue weighted by atomic mass is 10.5. The first kappa shape index (κ1) is 6.34. The molecule has 0 heterocycles. The first-order valence-electron chi connectivity index (χ1n) is 2.32. The van der Waals surface area contributed by atoms with Crippen LogP contribution in [0.5, 0.6) is 0 Å². The SMILES string of the molecule is CCN=CC(C)=N. The van der Waals surface area contributed by atoms with Crippen molar-refractivity contribution < 1.29 is 0 Å². The van der Waals surface area contributed by atoms with Crippen LogP contribution in [0.25, 0.3) is 0 Å². The highest BCUT2D eigenvalue weighted by Crippen LogP contribution is 1.64. The van der Waals surface area contributed by atoms with Crippen molar-refractivity contribution in [1.82, 2.24) is 0 Å². The van der Waals surface area contributed by atoms with Crippen molar-refractivity contribution in [3.63, 3.8) is 0 Å². The molecule has 0 saturated heterocycles.